The van der Waals surface area contributed by atoms with Crippen LogP contribution in [0, 0.1) is 5.41 Å². The summed E-state index contributed by atoms with van der Waals surface area (Å²) in [5.41, 5.74) is -1.14. The molecule has 0 aliphatic carbocycles. The zero-order valence-corrected chi connectivity index (χ0v) is 21.4. The van der Waals surface area contributed by atoms with Crippen molar-refractivity contribution in [3.8, 4) is 11.5 Å². The van der Waals surface area contributed by atoms with Gasteiger partial charge in [-0.15, -0.1) is 0 Å². The third-order valence-corrected chi connectivity index (χ3v) is 9.11. The molecule has 0 unspecified atom stereocenters. The van der Waals surface area contributed by atoms with Gasteiger partial charge in [-0.05, 0) is 62.8 Å². The SMILES string of the molecule is COc1cccc(S(=O)(=O)N2CCC3(CCN(C(=O)C(C)(C)Oc4ccccc4Cl)C3)CC2)c1. The predicted molar refractivity (Wildman–Crippen MR) is 131 cm³/mol. The summed E-state index contributed by atoms with van der Waals surface area (Å²) >= 11 is 6.21. The van der Waals surface area contributed by atoms with Gasteiger partial charge in [0.2, 0.25) is 10.0 Å². The van der Waals surface area contributed by atoms with Crippen LogP contribution in [0.4, 0.5) is 0 Å². The third kappa shape index (κ3) is 4.90. The fraction of sp³-hybridized carbons (Fsp3) is 0.480. The number of ether oxygens (including phenoxy) is 2. The van der Waals surface area contributed by atoms with E-state index in [1.165, 1.54) is 7.11 Å². The molecule has 2 aliphatic rings. The summed E-state index contributed by atoms with van der Waals surface area (Å²) in [6.07, 6.45) is 2.28. The molecule has 0 atom stereocenters. The molecular formula is C25H31ClN2O5S. The number of carbonyl (C=O) groups excluding carboxylic acids is 1. The molecule has 4 rings (SSSR count). The number of likely N-dealkylation sites (tertiary alicyclic amines) is 1. The summed E-state index contributed by atoms with van der Waals surface area (Å²) in [6, 6.07) is 13.7. The van der Waals surface area contributed by atoms with Gasteiger partial charge in [-0.1, -0.05) is 29.8 Å². The maximum atomic E-state index is 13.3. The fourth-order valence-electron chi connectivity index (χ4n) is 4.86. The number of piperidine rings is 1. The topological polar surface area (TPSA) is 76.2 Å². The molecular weight excluding hydrogens is 476 g/mol. The van der Waals surface area contributed by atoms with Crippen LogP contribution in [0.2, 0.25) is 5.02 Å². The summed E-state index contributed by atoms with van der Waals surface area (Å²) in [5.74, 6) is 0.907. The molecule has 1 amide bonds. The van der Waals surface area contributed by atoms with Gasteiger partial charge in [-0.3, -0.25) is 4.79 Å². The first-order valence-corrected chi connectivity index (χ1v) is 13.3. The van der Waals surface area contributed by atoms with Crippen LogP contribution >= 0.6 is 11.6 Å². The highest BCUT2D eigenvalue weighted by atomic mass is 35.5. The van der Waals surface area contributed by atoms with Crippen molar-refractivity contribution in [2.24, 2.45) is 5.41 Å². The summed E-state index contributed by atoms with van der Waals surface area (Å²) in [6.45, 7) is 5.62. The van der Waals surface area contributed by atoms with Crippen molar-refractivity contribution in [2.45, 2.75) is 43.6 Å². The van der Waals surface area contributed by atoms with E-state index in [1.54, 1.807) is 54.6 Å². The van der Waals surface area contributed by atoms with Crippen molar-refractivity contribution < 1.29 is 22.7 Å². The van der Waals surface area contributed by atoms with E-state index in [2.05, 4.69) is 0 Å². The number of halogens is 1. The van der Waals surface area contributed by atoms with E-state index >= 15 is 0 Å². The van der Waals surface area contributed by atoms with Gasteiger partial charge in [0, 0.05) is 32.2 Å². The van der Waals surface area contributed by atoms with E-state index < -0.39 is 15.6 Å². The van der Waals surface area contributed by atoms with Crippen molar-refractivity contribution in [1.29, 1.82) is 0 Å². The Labute approximate surface area is 206 Å². The zero-order chi connectivity index (χ0) is 24.6. The zero-order valence-electron chi connectivity index (χ0n) is 19.8. The standard InChI is InChI=1S/C25H31ClN2O5S/c1-24(2,33-22-10-5-4-9-21(22)26)23(29)27-14-11-25(18-27)12-15-28(16-13-25)34(30,31)20-8-6-7-19(17-20)32-3/h4-10,17H,11-16,18H2,1-3H3. The highest BCUT2D eigenvalue weighted by Crippen LogP contribution is 2.42. The number of methoxy groups -OCH3 is 1. The van der Waals surface area contributed by atoms with E-state index in [4.69, 9.17) is 21.1 Å². The minimum Gasteiger partial charge on any atom is -0.497 e. The monoisotopic (exact) mass is 506 g/mol. The Morgan fingerprint density at radius 3 is 2.38 bits per heavy atom. The Morgan fingerprint density at radius 1 is 1.03 bits per heavy atom. The Kier molecular flexibility index (Phi) is 6.86. The van der Waals surface area contributed by atoms with Crippen LogP contribution in [0.15, 0.2) is 53.4 Å². The third-order valence-electron chi connectivity index (χ3n) is 6.90. The number of rotatable bonds is 6. The largest absolute Gasteiger partial charge is 0.497 e. The summed E-state index contributed by atoms with van der Waals surface area (Å²) in [7, 11) is -2.07. The Morgan fingerprint density at radius 2 is 1.71 bits per heavy atom. The lowest BCUT2D eigenvalue weighted by Gasteiger charge is -2.39. The quantitative estimate of drug-likeness (QED) is 0.586. The molecule has 9 heteroatoms. The van der Waals surface area contributed by atoms with Gasteiger partial charge in [0.15, 0.2) is 5.60 Å². The van der Waals surface area contributed by atoms with Gasteiger partial charge in [-0.2, -0.15) is 4.31 Å². The molecule has 0 saturated carbocycles. The highest BCUT2D eigenvalue weighted by Gasteiger charge is 2.47. The average molecular weight is 507 g/mol. The molecule has 184 valence electrons. The molecule has 0 bridgehead atoms. The predicted octanol–water partition coefficient (Wildman–Crippen LogP) is 4.21. The number of hydrogen-bond donors (Lipinski definition) is 0. The van der Waals surface area contributed by atoms with Crippen LogP contribution in [0.25, 0.3) is 0 Å². The maximum absolute atomic E-state index is 13.3. The average Bonchev–Trinajstić information content (AvgIpc) is 3.23. The Balaban J connectivity index is 1.40. The van der Waals surface area contributed by atoms with Gasteiger partial charge in [0.1, 0.15) is 11.5 Å². The number of amides is 1. The smallest absolute Gasteiger partial charge is 0.266 e. The van der Waals surface area contributed by atoms with Gasteiger partial charge >= 0.3 is 0 Å². The number of sulfonamides is 1. The van der Waals surface area contributed by atoms with Crippen molar-refractivity contribution in [2.75, 3.05) is 33.3 Å². The molecule has 34 heavy (non-hydrogen) atoms. The van der Waals surface area contributed by atoms with Crippen LogP contribution < -0.4 is 9.47 Å². The second kappa shape index (κ2) is 9.40. The first-order chi connectivity index (χ1) is 16.1. The van der Waals surface area contributed by atoms with E-state index in [9.17, 15) is 13.2 Å². The molecule has 0 N–H and O–H groups in total. The van der Waals surface area contributed by atoms with Crippen molar-refractivity contribution in [3.63, 3.8) is 0 Å². The molecule has 7 nitrogen and oxygen atoms in total. The molecule has 2 saturated heterocycles. The summed E-state index contributed by atoms with van der Waals surface area (Å²) in [4.78, 5) is 15.4. The normalized spacial score (nSPS) is 18.8. The summed E-state index contributed by atoms with van der Waals surface area (Å²) in [5, 5.41) is 0.464. The number of nitrogens with zero attached hydrogens (tertiary/aromatic N) is 2. The fourth-order valence-corrected chi connectivity index (χ4v) is 6.51. The van der Waals surface area contributed by atoms with E-state index in [0.29, 0.717) is 55.5 Å². The lowest BCUT2D eigenvalue weighted by atomic mass is 9.78. The number of carbonyl (C=O) groups is 1. The molecule has 2 fully saturated rings. The second-order valence-electron chi connectivity index (χ2n) is 9.60. The maximum Gasteiger partial charge on any atom is 0.266 e. The van der Waals surface area contributed by atoms with Gasteiger partial charge in [-0.25, -0.2) is 8.42 Å². The van der Waals surface area contributed by atoms with Crippen molar-refractivity contribution >= 4 is 27.5 Å². The van der Waals surface area contributed by atoms with Crippen LogP contribution in [0.3, 0.4) is 0 Å². The first-order valence-electron chi connectivity index (χ1n) is 11.4. The number of benzene rings is 2. The first kappa shape index (κ1) is 24.8. The van der Waals surface area contributed by atoms with Crippen molar-refractivity contribution in [3.05, 3.63) is 53.6 Å². The molecule has 2 aromatic carbocycles. The highest BCUT2D eigenvalue weighted by molar-refractivity contribution is 7.89. The van der Waals surface area contributed by atoms with Crippen LogP contribution in [-0.2, 0) is 14.8 Å². The van der Waals surface area contributed by atoms with E-state index in [0.717, 1.165) is 6.42 Å². The van der Waals surface area contributed by atoms with Crippen LogP contribution in [0.5, 0.6) is 11.5 Å². The molecule has 2 aliphatic heterocycles. The molecule has 2 aromatic rings. The van der Waals surface area contributed by atoms with Crippen LogP contribution in [-0.4, -0.2) is 62.4 Å². The number of para-hydroxylation sites is 1. The minimum absolute atomic E-state index is 0.0729. The van der Waals surface area contributed by atoms with E-state index in [1.807, 2.05) is 17.0 Å². The Hall–Kier alpha value is -2.29. The van der Waals surface area contributed by atoms with Gasteiger partial charge in [0.25, 0.3) is 5.91 Å². The minimum atomic E-state index is -3.59. The molecule has 1 spiro atoms. The van der Waals surface area contributed by atoms with E-state index in [-0.39, 0.29) is 16.2 Å². The molecule has 0 radical (unpaired) electrons. The Bertz CT molecular complexity index is 1160. The second-order valence-corrected chi connectivity index (χ2v) is 11.9. The lowest BCUT2D eigenvalue weighted by molar-refractivity contribution is -0.144. The lowest BCUT2D eigenvalue weighted by Crippen LogP contribution is -2.49. The van der Waals surface area contributed by atoms with Gasteiger partial charge in [0.05, 0.1) is 17.0 Å². The summed E-state index contributed by atoms with van der Waals surface area (Å²) < 4.78 is 39.0. The molecule has 0 aromatic heterocycles. The van der Waals surface area contributed by atoms with Gasteiger partial charge < -0.3 is 14.4 Å². The van der Waals surface area contributed by atoms with Crippen LogP contribution in [0.1, 0.15) is 33.1 Å². The molecule has 2 heterocycles. The number of hydrogen-bond acceptors (Lipinski definition) is 5. The van der Waals surface area contributed by atoms with Crippen molar-refractivity contribution in [1.82, 2.24) is 9.21 Å².